The molecule has 0 heterocycles. The van der Waals surface area contributed by atoms with E-state index in [0.29, 0.717) is 31.7 Å². The first-order valence-electron chi connectivity index (χ1n) is 9.62. The molecule has 1 aliphatic rings. The first kappa shape index (κ1) is 22.0. The summed E-state index contributed by atoms with van der Waals surface area (Å²) in [5.41, 5.74) is 1.52. The highest BCUT2D eigenvalue weighted by Gasteiger charge is 2.32. The molecule has 0 aromatic heterocycles. The molecule has 3 N–H and O–H groups in total. The molecule has 0 unspecified atom stereocenters. The van der Waals surface area contributed by atoms with Gasteiger partial charge in [0.1, 0.15) is 11.3 Å². The number of hydrogen-bond donors (Lipinski definition) is 3. The minimum Gasteiger partial charge on any atom is -0.507 e. The number of carboxylic acid groups (broad SMARTS) is 1. The van der Waals surface area contributed by atoms with E-state index in [1.807, 2.05) is 31.2 Å². The van der Waals surface area contributed by atoms with Gasteiger partial charge in [0.2, 0.25) is 10.0 Å². The maximum Gasteiger partial charge on any atom is 0.339 e. The third kappa shape index (κ3) is 5.28. The van der Waals surface area contributed by atoms with E-state index in [1.54, 1.807) is 0 Å². The Morgan fingerprint density at radius 2 is 1.80 bits per heavy atom. The summed E-state index contributed by atoms with van der Waals surface area (Å²) < 4.78 is 47.4. The van der Waals surface area contributed by atoms with Crippen LogP contribution in [-0.4, -0.2) is 36.0 Å². The van der Waals surface area contributed by atoms with Gasteiger partial charge in [-0.25, -0.2) is 22.3 Å². The maximum absolute atomic E-state index is 14.0. The fourth-order valence-corrected chi connectivity index (χ4v) is 4.95. The van der Waals surface area contributed by atoms with Crippen LogP contribution in [0.5, 0.6) is 11.5 Å². The van der Waals surface area contributed by atoms with Gasteiger partial charge in [0.15, 0.2) is 11.6 Å². The number of carboxylic acids is 1. The molecule has 9 heteroatoms. The van der Waals surface area contributed by atoms with Gasteiger partial charge in [-0.05, 0) is 38.2 Å². The predicted molar refractivity (Wildman–Crippen MR) is 109 cm³/mol. The first-order chi connectivity index (χ1) is 14.2. The molecule has 0 amide bonds. The molecular weight excluding hydrogens is 413 g/mol. The summed E-state index contributed by atoms with van der Waals surface area (Å²) in [5, 5.41) is 18.0. The number of phenols is 1. The minimum atomic E-state index is -3.51. The van der Waals surface area contributed by atoms with E-state index in [0.717, 1.165) is 17.2 Å². The van der Waals surface area contributed by atoms with Crippen molar-refractivity contribution in [2.45, 2.75) is 50.5 Å². The largest absolute Gasteiger partial charge is 0.507 e. The average molecular weight is 437 g/mol. The lowest BCUT2D eigenvalue weighted by atomic mass is 9.97. The van der Waals surface area contributed by atoms with E-state index in [1.165, 1.54) is 0 Å². The van der Waals surface area contributed by atoms with E-state index in [-0.39, 0.29) is 12.3 Å². The van der Waals surface area contributed by atoms with Crippen molar-refractivity contribution >= 4 is 16.0 Å². The van der Waals surface area contributed by atoms with Crippen LogP contribution in [0.25, 0.3) is 0 Å². The second-order valence-electron chi connectivity index (χ2n) is 7.47. The highest BCUT2D eigenvalue weighted by molar-refractivity contribution is 7.90. The van der Waals surface area contributed by atoms with E-state index in [2.05, 4.69) is 4.72 Å². The van der Waals surface area contributed by atoms with Crippen molar-refractivity contribution in [3.05, 3.63) is 58.9 Å². The Balaban J connectivity index is 1.57. The average Bonchev–Trinajstić information content (AvgIpc) is 2.70. The maximum atomic E-state index is 14.0. The zero-order chi connectivity index (χ0) is 21.9. The number of aromatic carboxylic acids is 1. The molecule has 162 valence electrons. The summed E-state index contributed by atoms with van der Waals surface area (Å²) in [6.45, 7) is 2.18. The van der Waals surface area contributed by atoms with Crippen LogP contribution in [0.4, 0.5) is 4.39 Å². The molecular formula is C21H24FNO6S. The van der Waals surface area contributed by atoms with Crippen molar-refractivity contribution in [1.29, 1.82) is 0 Å². The smallest absolute Gasteiger partial charge is 0.339 e. The van der Waals surface area contributed by atoms with Gasteiger partial charge in [-0.3, -0.25) is 0 Å². The SMILES string of the molecule is Cc1ccc(CNS(=O)(=O)C2CCC(Oc3cc(C(=O)O)c(O)cc3F)CC2)cc1. The number of hydrogen-bond acceptors (Lipinski definition) is 5. The summed E-state index contributed by atoms with van der Waals surface area (Å²) in [5.74, 6) is -3.21. The Morgan fingerprint density at radius 1 is 1.17 bits per heavy atom. The lowest BCUT2D eigenvalue weighted by molar-refractivity contribution is 0.0692. The molecule has 0 saturated heterocycles. The summed E-state index contributed by atoms with van der Waals surface area (Å²) in [6, 6.07) is 9.23. The summed E-state index contributed by atoms with van der Waals surface area (Å²) in [4.78, 5) is 11.1. The van der Waals surface area contributed by atoms with Gasteiger partial charge in [0.25, 0.3) is 0 Å². The lowest BCUT2D eigenvalue weighted by Crippen LogP contribution is -2.38. The normalized spacial score (nSPS) is 19.4. The van der Waals surface area contributed by atoms with Crippen LogP contribution in [0.15, 0.2) is 36.4 Å². The van der Waals surface area contributed by atoms with Crippen LogP contribution in [0.3, 0.4) is 0 Å². The molecule has 1 fully saturated rings. The van der Waals surface area contributed by atoms with Gasteiger partial charge in [0, 0.05) is 18.7 Å². The quantitative estimate of drug-likeness (QED) is 0.612. The highest BCUT2D eigenvalue weighted by Crippen LogP contribution is 2.31. The molecule has 1 saturated carbocycles. The Morgan fingerprint density at radius 3 is 2.40 bits per heavy atom. The van der Waals surface area contributed by atoms with Crippen molar-refractivity contribution < 1.29 is 32.6 Å². The molecule has 0 radical (unpaired) electrons. The van der Waals surface area contributed by atoms with E-state index in [9.17, 15) is 22.7 Å². The van der Waals surface area contributed by atoms with Gasteiger partial charge in [-0.1, -0.05) is 29.8 Å². The Kier molecular flexibility index (Phi) is 6.62. The van der Waals surface area contributed by atoms with Crippen molar-refractivity contribution in [1.82, 2.24) is 4.72 Å². The highest BCUT2D eigenvalue weighted by atomic mass is 32.2. The molecule has 3 rings (SSSR count). The fraction of sp³-hybridized carbons (Fsp3) is 0.381. The van der Waals surface area contributed by atoms with Crippen LogP contribution in [0.2, 0.25) is 0 Å². The standard InChI is InChI=1S/C21H24FNO6S/c1-13-2-4-14(5-3-13)12-23-30(27,28)16-8-6-15(7-9-16)29-20-10-17(21(25)26)19(24)11-18(20)22/h2-5,10-11,15-16,23-24H,6-9,12H2,1H3,(H,25,26). The molecule has 2 aromatic carbocycles. The molecule has 0 atom stereocenters. The zero-order valence-electron chi connectivity index (χ0n) is 16.5. The van der Waals surface area contributed by atoms with E-state index < -0.39 is 44.5 Å². The monoisotopic (exact) mass is 437 g/mol. The van der Waals surface area contributed by atoms with Crippen LogP contribution in [0.1, 0.15) is 47.2 Å². The Labute approximate surface area is 174 Å². The number of aryl methyl sites for hydroxylation is 1. The fourth-order valence-electron chi connectivity index (χ4n) is 3.45. The third-order valence-electron chi connectivity index (χ3n) is 5.23. The van der Waals surface area contributed by atoms with E-state index >= 15 is 0 Å². The second-order valence-corrected chi connectivity index (χ2v) is 9.52. The summed E-state index contributed by atoms with van der Waals surface area (Å²) in [6.07, 6.45) is 1.03. The Bertz CT molecular complexity index is 1010. The van der Waals surface area contributed by atoms with Crippen LogP contribution < -0.4 is 9.46 Å². The summed E-state index contributed by atoms with van der Waals surface area (Å²) in [7, 11) is -3.51. The number of benzene rings is 2. The number of halogens is 1. The van der Waals surface area contributed by atoms with Crippen molar-refractivity contribution in [2.24, 2.45) is 0 Å². The molecule has 30 heavy (non-hydrogen) atoms. The molecule has 0 bridgehead atoms. The van der Waals surface area contributed by atoms with Gasteiger partial charge < -0.3 is 14.9 Å². The van der Waals surface area contributed by atoms with Crippen LogP contribution in [0, 0.1) is 12.7 Å². The van der Waals surface area contributed by atoms with Crippen molar-refractivity contribution in [3.63, 3.8) is 0 Å². The Hall–Kier alpha value is -2.65. The molecule has 2 aromatic rings. The van der Waals surface area contributed by atoms with Gasteiger partial charge in [0.05, 0.1) is 11.4 Å². The second kappa shape index (κ2) is 9.01. The number of ether oxygens (including phenoxy) is 1. The number of nitrogens with one attached hydrogen (secondary N) is 1. The first-order valence-corrected chi connectivity index (χ1v) is 11.2. The zero-order valence-corrected chi connectivity index (χ0v) is 17.3. The molecule has 7 nitrogen and oxygen atoms in total. The molecule has 1 aliphatic carbocycles. The van der Waals surface area contributed by atoms with Gasteiger partial charge >= 0.3 is 5.97 Å². The number of aromatic hydroxyl groups is 1. The minimum absolute atomic E-state index is 0.218. The summed E-state index contributed by atoms with van der Waals surface area (Å²) >= 11 is 0. The number of rotatable bonds is 7. The van der Waals surface area contributed by atoms with Crippen LogP contribution in [-0.2, 0) is 16.6 Å². The van der Waals surface area contributed by atoms with Crippen molar-refractivity contribution in [3.8, 4) is 11.5 Å². The van der Waals surface area contributed by atoms with Crippen molar-refractivity contribution in [2.75, 3.05) is 0 Å². The lowest BCUT2D eigenvalue weighted by Gasteiger charge is -2.29. The van der Waals surface area contributed by atoms with Gasteiger partial charge in [-0.2, -0.15) is 0 Å². The van der Waals surface area contributed by atoms with E-state index in [4.69, 9.17) is 9.84 Å². The molecule has 0 spiro atoms. The molecule has 0 aliphatic heterocycles. The number of sulfonamides is 1. The number of carbonyl (C=O) groups is 1. The third-order valence-corrected chi connectivity index (χ3v) is 7.13. The van der Waals surface area contributed by atoms with Crippen LogP contribution >= 0.6 is 0 Å². The predicted octanol–water partition coefficient (Wildman–Crippen LogP) is 3.35. The van der Waals surface area contributed by atoms with Gasteiger partial charge in [-0.15, -0.1) is 0 Å². The topological polar surface area (TPSA) is 113 Å².